The van der Waals surface area contributed by atoms with Crippen LogP contribution in [0, 0.1) is 11.8 Å². The Hall–Kier alpha value is -0.0831. The highest BCUT2D eigenvalue weighted by Crippen LogP contribution is 2.44. The summed E-state index contributed by atoms with van der Waals surface area (Å²) in [4.78, 5) is 0. The van der Waals surface area contributed by atoms with Gasteiger partial charge in [-0.3, -0.25) is 0 Å². The van der Waals surface area contributed by atoms with Gasteiger partial charge in [-0.1, -0.05) is 25.2 Å². The second-order valence-corrected chi connectivity index (χ2v) is 10.7. The van der Waals surface area contributed by atoms with Crippen LogP contribution < -0.4 is 0 Å². The Bertz CT molecular complexity index is 271. The highest BCUT2D eigenvalue weighted by molar-refractivity contribution is 6.75. The maximum atomic E-state index is 2.93. The van der Waals surface area contributed by atoms with Crippen molar-refractivity contribution in [1.29, 1.82) is 0 Å². The molecule has 1 saturated carbocycles. The van der Waals surface area contributed by atoms with Gasteiger partial charge in [0.05, 0.1) is 0 Å². The quantitative estimate of drug-likeness (QED) is 0.472. The molecule has 3 unspecified atom stereocenters. The molecule has 14 heavy (non-hydrogen) atoms. The number of hydrogen-bond acceptors (Lipinski definition) is 1. The number of hydrogen-bond donors (Lipinski definition) is 0. The summed E-state index contributed by atoms with van der Waals surface area (Å²) in [5, 5.41) is 0. The van der Waals surface area contributed by atoms with E-state index in [0.29, 0.717) is 0 Å². The van der Waals surface area contributed by atoms with Crippen LogP contribution in [0.2, 0.25) is 19.1 Å². The van der Waals surface area contributed by atoms with Crippen molar-refractivity contribution in [1.82, 2.24) is 4.57 Å². The summed E-state index contributed by atoms with van der Waals surface area (Å²) < 4.78 is 2.93. The van der Waals surface area contributed by atoms with Crippen molar-refractivity contribution in [3.8, 4) is 0 Å². The van der Waals surface area contributed by atoms with Gasteiger partial charge in [0.1, 0.15) is 8.24 Å². The van der Waals surface area contributed by atoms with Gasteiger partial charge < -0.3 is 4.57 Å². The van der Waals surface area contributed by atoms with Gasteiger partial charge in [-0.05, 0) is 43.7 Å². The number of fused-ring (bicyclic) bond motifs is 2. The first-order chi connectivity index (χ1) is 6.67. The van der Waals surface area contributed by atoms with Crippen molar-refractivity contribution in [3.63, 3.8) is 0 Å². The molecule has 0 aromatic carbocycles. The summed E-state index contributed by atoms with van der Waals surface area (Å²) >= 11 is 0. The molecular weight excluding hydrogens is 186 g/mol. The first-order valence-electron chi connectivity index (χ1n) is 6.12. The van der Waals surface area contributed by atoms with Crippen LogP contribution in [0.1, 0.15) is 19.3 Å². The molecule has 0 amide bonds. The van der Waals surface area contributed by atoms with E-state index in [1.165, 1.54) is 31.9 Å². The van der Waals surface area contributed by atoms with E-state index in [0.717, 1.165) is 17.9 Å². The van der Waals surface area contributed by atoms with Crippen LogP contribution in [0.5, 0.6) is 0 Å². The number of allylic oxidation sites excluding steroid dienone is 1. The van der Waals surface area contributed by atoms with E-state index in [2.05, 4.69) is 29.8 Å². The Balaban J connectivity index is 1.80. The highest BCUT2D eigenvalue weighted by atomic mass is 28.3. The van der Waals surface area contributed by atoms with Crippen molar-refractivity contribution in [3.05, 3.63) is 12.2 Å². The summed E-state index contributed by atoms with van der Waals surface area (Å²) in [5.41, 5.74) is 0. The fourth-order valence-electron chi connectivity index (χ4n) is 3.85. The molecule has 0 radical (unpaired) electrons. The predicted molar refractivity (Wildman–Crippen MR) is 62.8 cm³/mol. The summed E-state index contributed by atoms with van der Waals surface area (Å²) in [6, 6.07) is 2.47. The molecule has 1 heterocycles. The Morgan fingerprint density at radius 3 is 2.57 bits per heavy atom. The second-order valence-electron chi connectivity index (χ2n) is 5.96. The monoisotopic (exact) mass is 207 g/mol. The van der Waals surface area contributed by atoms with Crippen molar-refractivity contribution in [2.45, 2.75) is 44.4 Å². The third-order valence-electron chi connectivity index (χ3n) is 4.61. The number of nitrogens with zero attached hydrogens (tertiary/aromatic N) is 1. The molecule has 2 bridgehead atoms. The summed E-state index contributed by atoms with van der Waals surface area (Å²) in [5.74, 6) is 1.86. The third kappa shape index (κ3) is 1.23. The normalized spacial score (nSPS) is 45.1. The molecule has 1 saturated heterocycles. The average molecular weight is 207 g/mol. The first-order valence-corrected chi connectivity index (χ1v) is 9.27. The second kappa shape index (κ2) is 2.95. The number of rotatable bonds is 1. The van der Waals surface area contributed by atoms with Gasteiger partial charge in [-0.2, -0.15) is 0 Å². The lowest BCUT2D eigenvalue weighted by Gasteiger charge is -2.38. The van der Waals surface area contributed by atoms with E-state index in [1.54, 1.807) is 0 Å². The Kier molecular flexibility index (Phi) is 1.93. The predicted octanol–water partition coefficient (Wildman–Crippen LogP) is 2.86. The molecule has 0 aromatic heterocycles. The fourth-order valence-corrected chi connectivity index (χ4v) is 7.12. The molecule has 1 aliphatic heterocycles. The molecule has 2 heteroatoms. The van der Waals surface area contributed by atoms with Gasteiger partial charge in [0.15, 0.2) is 0 Å². The van der Waals surface area contributed by atoms with Crippen molar-refractivity contribution >= 4 is 8.24 Å². The maximum Gasteiger partial charge on any atom is 0.122 e. The summed E-state index contributed by atoms with van der Waals surface area (Å²) in [6.07, 6.45) is 9.37. The third-order valence-corrected chi connectivity index (χ3v) is 8.30. The van der Waals surface area contributed by atoms with Gasteiger partial charge in [0.25, 0.3) is 0 Å². The van der Waals surface area contributed by atoms with Gasteiger partial charge in [0.2, 0.25) is 0 Å². The molecule has 0 aromatic rings. The molecular formula is C12H21NSi. The van der Waals surface area contributed by atoms with Crippen LogP contribution in [0.3, 0.4) is 0 Å². The smallest absolute Gasteiger partial charge is 0.122 e. The Morgan fingerprint density at radius 2 is 2.07 bits per heavy atom. The van der Waals surface area contributed by atoms with E-state index in [4.69, 9.17) is 0 Å². The van der Waals surface area contributed by atoms with Gasteiger partial charge >= 0.3 is 0 Å². The molecule has 3 rings (SSSR count). The van der Waals surface area contributed by atoms with E-state index in [1.807, 2.05) is 0 Å². The van der Waals surface area contributed by atoms with Crippen molar-refractivity contribution in [2.24, 2.45) is 11.8 Å². The standard InChI is InChI=1S/C12H21NSi/c1-14(2)7-3-6-13(14)12-9-10-4-5-11(12)8-10/h4-5,10-12H,3,6-9H2,1-2H3. The van der Waals surface area contributed by atoms with Crippen molar-refractivity contribution < 1.29 is 0 Å². The van der Waals surface area contributed by atoms with Gasteiger partial charge in [-0.15, -0.1) is 0 Å². The van der Waals surface area contributed by atoms with Crippen LogP contribution in [0.15, 0.2) is 12.2 Å². The zero-order chi connectivity index (χ0) is 9.76. The largest absolute Gasteiger partial charge is 0.320 e. The SMILES string of the molecule is C[Si]1(C)CCCN1C1CC2C=CC1C2. The topological polar surface area (TPSA) is 3.24 Å². The lowest BCUT2D eigenvalue weighted by Crippen LogP contribution is -2.50. The van der Waals surface area contributed by atoms with Crippen LogP contribution in [0.25, 0.3) is 0 Å². The first kappa shape index (κ1) is 9.17. The average Bonchev–Trinajstić information content (AvgIpc) is 2.77. The van der Waals surface area contributed by atoms with Crippen LogP contribution in [-0.4, -0.2) is 25.4 Å². The minimum Gasteiger partial charge on any atom is -0.320 e. The highest BCUT2D eigenvalue weighted by Gasteiger charge is 2.45. The minimum absolute atomic E-state index is 0.921. The van der Waals surface area contributed by atoms with Gasteiger partial charge in [-0.25, -0.2) is 0 Å². The lowest BCUT2D eigenvalue weighted by molar-refractivity contribution is 0.297. The van der Waals surface area contributed by atoms with Crippen molar-refractivity contribution in [2.75, 3.05) is 6.54 Å². The molecule has 2 aliphatic carbocycles. The molecule has 3 aliphatic rings. The minimum atomic E-state index is -0.973. The zero-order valence-corrected chi connectivity index (χ0v) is 10.4. The van der Waals surface area contributed by atoms with Crippen LogP contribution >= 0.6 is 0 Å². The van der Waals surface area contributed by atoms with Crippen LogP contribution in [-0.2, 0) is 0 Å². The zero-order valence-electron chi connectivity index (χ0n) is 9.37. The Labute approximate surface area is 88.3 Å². The summed E-state index contributed by atoms with van der Waals surface area (Å²) in [7, 11) is -0.973. The molecule has 2 fully saturated rings. The van der Waals surface area contributed by atoms with E-state index >= 15 is 0 Å². The van der Waals surface area contributed by atoms with Crippen LogP contribution in [0.4, 0.5) is 0 Å². The fraction of sp³-hybridized carbons (Fsp3) is 0.833. The van der Waals surface area contributed by atoms with E-state index in [9.17, 15) is 0 Å². The molecule has 0 spiro atoms. The molecule has 0 N–H and O–H groups in total. The molecule has 1 nitrogen and oxygen atoms in total. The molecule has 3 atom stereocenters. The lowest BCUT2D eigenvalue weighted by atomic mass is 10.0. The summed E-state index contributed by atoms with van der Waals surface area (Å²) in [6.45, 7) is 6.53. The van der Waals surface area contributed by atoms with E-state index < -0.39 is 8.24 Å². The maximum absolute atomic E-state index is 2.93. The van der Waals surface area contributed by atoms with Gasteiger partial charge in [0, 0.05) is 6.04 Å². The Morgan fingerprint density at radius 1 is 1.21 bits per heavy atom. The molecule has 78 valence electrons. The van der Waals surface area contributed by atoms with E-state index in [-0.39, 0.29) is 0 Å².